The van der Waals surface area contributed by atoms with Gasteiger partial charge in [-0.15, -0.1) is 0 Å². The van der Waals surface area contributed by atoms with Gasteiger partial charge in [-0.05, 0) is 25.6 Å². The molecule has 6 nitrogen and oxygen atoms in total. The first-order valence-corrected chi connectivity index (χ1v) is 7.21. The lowest BCUT2D eigenvalue weighted by atomic mass is 10.1. The van der Waals surface area contributed by atoms with E-state index in [4.69, 9.17) is 4.52 Å². The summed E-state index contributed by atoms with van der Waals surface area (Å²) in [5.41, 5.74) is 1.98. The van der Waals surface area contributed by atoms with Crippen LogP contribution in [0.5, 0.6) is 0 Å². The number of likely N-dealkylation sites (N-methyl/N-ethyl adjacent to an activating group) is 1. The molecule has 0 saturated heterocycles. The van der Waals surface area contributed by atoms with E-state index >= 15 is 0 Å². The predicted molar refractivity (Wildman–Crippen MR) is 80.0 cm³/mol. The number of aromatic nitrogens is 4. The van der Waals surface area contributed by atoms with Crippen molar-refractivity contribution in [3.05, 3.63) is 41.8 Å². The van der Waals surface area contributed by atoms with Crippen molar-refractivity contribution < 1.29 is 4.52 Å². The molecule has 0 aliphatic carbocycles. The van der Waals surface area contributed by atoms with Crippen molar-refractivity contribution >= 4 is 11.0 Å². The highest BCUT2D eigenvalue weighted by atomic mass is 16.5. The van der Waals surface area contributed by atoms with Crippen LogP contribution in [-0.2, 0) is 12.8 Å². The van der Waals surface area contributed by atoms with Gasteiger partial charge in [0, 0.05) is 12.5 Å². The molecule has 0 saturated carbocycles. The number of hydrogen-bond acceptors (Lipinski definition) is 5. The fourth-order valence-electron chi connectivity index (χ4n) is 2.35. The normalized spacial score (nSPS) is 12.9. The second-order valence-corrected chi connectivity index (χ2v) is 5.08. The summed E-state index contributed by atoms with van der Waals surface area (Å²) in [4.78, 5) is 12.2. The maximum absolute atomic E-state index is 5.30. The van der Waals surface area contributed by atoms with Crippen LogP contribution < -0.4 is 5.32 Å². The summed E-state index contributed by atoms with van der Waals surface area (Å²) in [5.74, 6) is 2.18. The van der Waals surface area contributed by atoms with Gasteiger partial charge in [0.25, 0.3) is 0 Å². The maximum Gasteiger partial charge on any atom is 0.228 e. The Hall–Kier alpha value is -2.21. The Bertz CT molecular complexity index is 681. The number of H-pyrrole nitrogens is 1. The number of hydrogen-bond donors (Lipinski definition) is 2. The van der Waals surface area contributed by atoms with E-state index in [2.05, 4.69) is 32.3 Å². The SMILES string of the molecule is CCC(Cc1nc(Cc2nc3ccccc3[nH]2)no1)NC. The van der Waals surface area contributed by atoms with E-state index in [1.54, 1.807) is 0 Å². The average Bonchev–Trinajstić information content (AvgIpc) is 3.11. The third kappa shape index (κ3) is 3.11. The summed E-state index contributed by atoms with van der Waals surface area (Å²) in [5, 5.41) is 7.26. The van der Waals surface area contributed by atoms with Crippen molar-refractivity contribution in [2.75, 3.05) is 7.05 Å². The molecular weight excluding hydrogens is 266 g/mol. The highest BCUT2D eigenvalue weighted by Crippen LogP contribution is 2.13. The molecule has 1 aromatic carbocycles. The third-order valence-corrected chi connectivity index (χ3v) is 3.60. The molecule has 1 atom stereocenters. The number of imidazole rings is 1. The average molecular weight is 285 g/mol. The van der Waals surface area contributed by atoms with Crippen molar-refractivity contribution in [3.63, 3.8) is 0 Å². The van der Waals surface area contributed by atoms with Gasteiger partial charge in [-0.2, -0.15) is 4.98 Å². The van der Waals surface area contributed by atoms with Gasteiger partial charge in [-0.1, -0.05) is 24.2 Å². The molecular formula is C15H19N5O. The van der Waals surface area contributed by atoms with E-state index in [0.29, 0.717) is 24.2 Å². The highest BCUT2D eigenvalue weighted by molar-refractivity contribution is 5.74. The van der Waals surface area contributed by atoms with Crippen LogP contribution in [0.15, 0.2) is 28.8 Å². The Morgan fingerprint density at radius 1 is 1.29 bits per heavy atom. The molecule has 3 rings (SSSR count). The molecule has 0 aliphatic rings. The summed E-state index contributed by atoms with van der Waals surface area (Å²) in [7, 11) is 1.94. The summed E-state index contributed by atoms with van der Waals surface area (Å²) >= 11 is 0. The lowest BCUT2D eigenvalue weighted by Crippen LogP contribution is -2.26. The number of fused-ring (bicyclic) bond motifs is 1. The number of nitrogens with one attached hydrogen (secondary N) is 2. The zero-order valence-corrected chi connectivity index (χ0v) is 12.3. The number of benzene rings is 1. The topological polar surface area (TPSA) is 79.6 Å². The quantitative estimate of drug-likeness (QED) is 0.725. The molecule has 2 aromatic heterocycles. The maximum atomic E-state index is 5.30. The molecule has 2 heterocycles. The van der Waals surface area contributed by atoms with Gasteiger partial charge in [-0.25, -0.2) is 4.98 Å². The first kappa shape index (κ1) is 13.8. The first-order valence-electron chi connectivity index (χ1n) is 7.21. The van der Waals surface area contributed by atoms with Crippen LogP contribution in [0.1, 0.15) is 30.9 Å². The Balaban J connectivity index is 1.71. The minimum Gasteiger partial charge on any atom is -0.342 e. The molecule has 1 unspecified atom stereocenters. The largest absolute Gasteiger partial charge is 0.342 e. The number of para-hydroxylation sites is 2. The van der Waals surface area contributed by atoms with E-state index in [1.165, 1.54) is 0 Å². The van der Waals surface area contributed by atoms with Crippen LogP contribution in [0.25, 0.3) is 11.0 Å². The fraction of sp³-hybridized carbons (Fsp3) is 0.400. The van der Waals surface area contributed by atoms with Crippen LogP contribution in [0.2, 0.25) is 0 Å². The zero-order chi connectivity index (χ0) is 14.7. The van der Waals surface area contributed by atoms with Gasteiger partial charge in [0.05, 0.1) is 17.5 Å². The van der Waals surface area contributed by atoms with E-state index in [1.807, 2.05) is 31.3 Å². The summed E-state index contributed by atoms with van der Waals surface area (Å²) in [6.45, 7) is 2.13. The lowest BCUT2D eigenvalue weighted by molar-refractivity contribution is 0.355. The zero-order valence-electron chi connectivity index (χ0n) is 12.3. The van der Waals surface area contributed by atoms with E-state index in [0.717, 1.165) is 29.7 Å². The van der Waals surface area contributed by atoms with Crippen LogP contribution in [0, 0.1) is 0 Å². The van der Waals surface area contributed by atoms with Crippen LogP contribution in [0.4, 0.5) is 0 Å². The molecule has 0 spiro atoms. The number of aromatic amines is 1. The Morgan fingerprint density at radius 3 is 2.90 bits per heavy atom. The van der Waals surface area contributed by atoms with Gasteiger partial charge in [0.15, 0.2) is 5.82 Å². The van der Waals surface area contributed by atoms with Gasteiger partial charge in [-0.3, -0.25) is 0 Å². The standard InChI is InChI=1S/C15H19N5O/c1-3-10(16-2)8-15-19-14(20-21-15)9-13-17-11-6-4-5-7-12(11)18-13/h4-7,10,16H,3,8-9H2,1-2H3,(H,17,18). The van der Waals surface area contributed by atoms with Crippen LogP contribution in [-0.4, -0.2) is 33.2 Å². The van der Waals surface area contributed by atoms with Gasteiger partial charge >= 0.3 is 0 Å². The summed E-state index contributed by atoms with van der Waals surface area (Å²) in [6.07, 6.45) is 2.33. The minimum absolute atomic E-state index is 0.365. The second kappa shape index (κ2) is 6.05. The highest BCUT2D eigenvalue weighted by Gasteiger charge is 2.13. The number of rotatable bonds is 6. The smallest absolute Gasteiger partial charge is 0.228 e. The van der Waals surface area contributed by atoms with E-state index in [-0.39, 0.29) is 0 Å². The lowest BCUT2D eigenvalue weighted by Gasteiger charge is -2.09. The van der Waals surface area contributed by atoms with Crippen molar-refractivity contribution in [2.24, 2.45) is 0 Å². The van der Waals surface area contributed by atoms with Crippen LogP contribution >= 0.6 is 0 Å². The molecule has 2 N–H and O–H groups in total. The van der Waals surface area contributed by atoms with E-state index in [9.17, 15) is 0 Å². The second-order valence-electron chi connectivity index (χ2n) is 5.08. The monoisotopic (exact) mass is 285 g/mol. The molecule has 0 radical (unpaired) electrons. The molecule has 110 valence electrons. The molecule has 6 heteroatoms. The molecule has 21 heavy (non-hydrogen) atoms. The van der Waals surface area contributed by atoms with E-state index < -0.39 is 0 Å². The fourth-order valence-corrected chi connectivity index (χ4v) is 2.35. The van der Waals surface area contributed by atoms with Crippen LogP contribution in [0.3, 0.4) is 0 Å². The molecule has 0 bridgehead atoms. The third-order valence-electron chi connectivity index (χ3n) is 3.60. The summed E-state index contributed by atoms with van der Waals surface area (Å²) < 4.78 is 5.30. The Labute approximate surface area is 123 Å². The van der Waals surface area contributed by atoms with Crippen molar-refractivity contribution in [1.82, 2.24) is 25.4 Å². The summed E-state index contributed by atoms with van der Waals surface area (Å²) in [6, 6.07) is 8.31. The molecule has 0 fully saturated rings. The Morgan fingerprint density at radius 2 is 2.14 bits per heavy atom. The molecule has 3 aromatic rings. The molecule has 0 aliphatic heterocycles. The van der Waals surface area contributed by atoms with Crippen molar-refractivity contribution in [3.8, 4) is 0 Å². The first-order chi connectivity index (χ1) is 10.3. The van der Waals surface area contributed by atoms with Crippen molar-refractivity contribution in [2.45, 2.75) is 32.2 Å². The van der Waals surface area contributed by atoms with Gasteiger partial charge in [0.2, 0.25) is 5.89 Å². The van der Waals surface area contributed by atoms with Gasteiger partial charge in [0.1, 0.15) is 5.82 Å². The predicted octanol–water partition coefficient (Wildman–Crippen LogP) is 2.08. The Kier molecular flexibility index (Phi) is 3.96. The number of nitrogens with zero attached hydrogens (tertiary/aromatic N) is 3. The minimum atomic E-state index is 0.365. The molecule has 0 amide bonds. The van der Waals surface area contributed by atoms with Crippen molar-refractivity contribution in [1.29, 1.82) is 0 Å². The van der Waals surface area contributed by atoms with Gasteiger partial charge < -0.3 is 14.8 Å².